The number of benzene rings is 3. The molecule has 0 aliphatic heterocycles. The highest BCUT2D eigenvalue weighted by molar-refractivity contribution is 7.89. The molecule has 5 nitrogen and oxygen atoms in total. The summed E-state index contributed by atoms with van der Waals surface area (Å²) in [7, 11) is -3.88. The van der Waals surface area contributed by atoms with Crippen LogP contribution in [0.2, 0.25) is 0 Å². The Morgan fingerprint density at radius 3 is 2.10 bits per heavy atom. The van der Waals surface area contributed by atoms with Crippen LogP contribution in [0.25, 0.3) is 0 Å². The zero-order chi connectivity index (χ0) is 22.3. The van der Waals surface area contributed by atoms with Crippen molar-refractivity contribution in [2.45, 2.75) is 31.4 Å². The Balaban J connectivity index is 1.88. The maximum Gasteiger partial charge on any atom is 0.335 e. The van der Waals surface area contributed by atoms with Crippen LogP contribution in [-0.2, 0) is 26.2 Å². The van der Waals surface area contributed by atoms with Crippen molar-refractivity contribution in [2.75, 3.05) is 0 Å². The molecule has 6 heteroatoms. The van der Waals surface area contributed by atoms with E-state index in [-0.39, 0.29) is 17.1 Å². The van der Waals surface area contributed by atoms with E-state index >= 15 is 0 Å². The van der Waals surface area contributed by atoms with Crippen LogP contribution in [0.5, 0.6) is 0 Å². The van der Waals surface area contributed by atoms with Crippen molar-refractivity contribution < 1.29 is 17.9 Å². The average Bonchev–Trinajstić information content (AvgIpc) is 2.79. The van der Waals surface area contributed by atoms with Gasteiger partial charge in [0, 0.05) is 0 Å². The second-order valence-corrected chi connectivity index (χ2v) is 8.80. The zero-order valence-electron chi connectivity index (χ0n) is 17.5. The maximum absolute atomic E-state index is 13.1. The van der Waals surface area contributed by atoms with E-state index in [9.17, 15) is 13.2 Å². The van der Waals surface area contributed by atoms with Gasteiger partial charge in [0.2, 0.25) is 10.0 Å². The summed E-state index contributed by atoms with van der Waals surface area (Å²) in [5.41, 5.74) is 2.67. The number of sulfonamides is 1. The smallest absolute Gasteiger partial charge is 0.335 e. The molecule has 0 aliphatic rings. The highest BCUT2D eigenvalue weighted by atomic mass is 32.2. The van der Waals surface area contributed by atoms with Gasteiger partial charge in [0.25, 0.3) is 0 Å². The molecule has 0 saturated carbocycles. The molecule has 0 saturated heterocycles. The lowest BCUT2D eigenvalue weighted by Crippen LogP contribution is -2.32. The van der Waals surface area contributed by atoms with Crippen LogP contribution in [0.15, 0.2) is 101 Å². The quantitative estimate of drug-likeness (QED) is 0.411. The lowest BCUT2D eigenvalue weighted by Gasteiger charge is -2.21. The first-order valence-electron chi connectivity index (χ1n) is 9.92. The van der Waals surface area contributed by atoms with Crippen molar-refractivity contribution in [1.29, 1.82) is 0 Å². The predicted molar refractivity (Wildman–Crippen MR) is 121 cm³/mol. The van der Waals surface area contributed by atoms with Crippen LogP contribution in [0.3, 0.4) is 0 Å². The normalized spacial score (nSPS) is 12.9. The fraction of sp³-hybridized carbons (Fsp3) is 0.160. The highest BCUT2D eigenvalue weighted by Crippen LogP contribution is 2.26. The van der Waals surface area contributed by atoms with Crippen LogP contribution in [0.1, 0.15) is 29.7 Å². The summed E-state index contributed by atoms with van der Waals surface area (Å²) in [5, 5.41) is 0. The molecule has 1 unspecified atom stereocenters. The number of hydrogen-bond acceptors (Lipinski definition) is 4. The van der Waals surface area contributed by atoms with Gasteiger partial charge in [0.15, 0.2) is 0 Å². The molecule has 31 heavy (non-hydrogen) atoms. The summed E-state index contributed by atoms with van der Waals surface area (Å²) in [6, 6.07) is 24.0. The van der Waals surface area contributed by atoms with Crippen molar-refractivity contribution in [1.82, 2.24) is 4.72 Å². The van der Waals surface area contributed by atoms with Gasteiger partial charge in [-0.1, -0.05) is 84.4 Å². The highest BCUT2D eigenvalue weighted by Gasteiger charge is 2.28. The number of carbonyl (C=O) groups excluding carboxylic acids is 1. The van der Waals surface area contributed by atoms with E-state index in [1.54, 1.807) is 61.5 Å². The lowest BCUT2D eigenvalue weighted by atomic mass is 9.99. The van der Waals surface area contributed by atoms with E-state index in [1.807, 2.05) is 43.3 Å². The Labute approximate surface area is 183 Å². The third-order valence-corrected chi connectivity index (χ3v) is 6.25. The van der Waals surface area contributed by atoms with Gasteiger partial charge in [0.1, 0.15) is 6.61 Å². The molecule has 0 aliphatic carbocycles. The van der Waals surface area contributed by atoms with Gasteiger partial charge in [0.05, 0.1) is 16.5 Å². The Morgan fingerprint density at radius 1 is 0.935 bits per heavy atom. The molecule has 0 amide bonds. The molecule has 0 heterocycles. The second-order valence-electron chi connectivity index (χ2n) is 7.08. The Kier molecular flexibility index (Phi) is 7.39. The first-order valence-corrected chi connectivity index (χ1v) is 11.4. The monoisotopic (exact) mass is 435 g/mol. The van der Waals surface area contributed by atoms with Crippen LogP contribution in [0, 0.1) is 6.92 Å². The topological polar surface area (TPSA) is 72.5 Å². The molecule has 0 aromatic heterocycles. The van der Waals surface area contributed by atoms with Crippen molar-refractivity contribution >= 4 is 16.0 Å². The van der Waals surface area contributed by atoms with Gasteiger partial charge in [-0.05, 0) is 37.1 Å². The molecule has 1 N–H and O–H groups in total. The Hall–Kier alpha value is -3.22. The second kappa shape index (κ2) is 10.2. The average molecular weight is 436 g/mol. The molecule has 3 aromatic rings. The summed E-state index contributed by atoms with van der Waals surface area (Å²) in [4.78, 5) is 13.0. The van der Waals surface area contributed by atoms with Gasteiger partial charge in [-0.15, -0.1) is 0 Å². The minimum Gasteiger partial charge on any atom is -0.457 e. The molecule has 3 aromatic carbocycles. The zero-order valence-corrected chi connectivity index (χ0v) is 18.3. The summed E-state index contributed by atoms with van der Waals surface area (Å²) < 4.78 is 34.3. The van der Waals surface area contributed by atoms with E-state index < -0.39 is 22.0 Å². The first kappa shape index (κ1) is 22.5. The minimum absolute atomic E-state index is 0.100. The van der Waals surface area contributed by atoms with Crippen molar-refractivity contribution in [3.8, 4) is 0 Å². The third kappa shape index (κ3) is 5.90. The molecule has 0 bridgehead atoms. The number of hydrogen-bond donors (Lipinski definition) is 1. The third-order valence-electron chi connectivity index (χ3n) is 4.81. The molecule has 1 atom stereocenters. The van der Waals surface area contributed by atoms with Gasteiger partial charge >= 0.3 is 5.97 Å². The van der Waals surface area contributed by atoms with E-state index in [0.29, 0.717) is 5.56 Å². The molecule has 160 valence electrons. The number of rotatable bonds is 8. The fourth-order valence-electron chi connectivity index (χ4n) is 3.11. The van der Waals surface area contributed by atoms with Crippen LogP contribution in [-0.4, -0.2) is 14.4 Å². The Bertz CT molecular complexity index is 1140. The molecule has 0 spiro atoms. The minimum atomic E-state index is -3.88. The standard InChI is InChI=1S/C25H25NO4S/c1-3-23(25(27)30-18-20-10-6-4-7-11-20)24(21-12-8-5-9-13-21)26-31(28,29)22-16-14-19(2)15-17-22/h3-17,24,26H,18H2,1-2H3/b23-3-. The summed E-state index contributed by atoms with van der Waals surface area (Å²) in [5.74, 6) is -0.577. The van der Waals surface area contributed by atoms with Crippen molar-refractivity contribution in [3.05, 3.63) is 113 Å². The van der Waals surface area contributed by atoms with E-state index in [1.165, 1.54) is 0 Å². The molecule has 0 radical (unpaired) electrons. The molecule has 3 rings (SSSR count). The van der Waals surface area contributed by atoms with Crippen molar-refractivity contribution in [2.24, 2.45) is 0 Å². The van der Waals surface area contributed by atoms with Crippen LogP contribution >= 0.6 is 0 Å². The number of ether oxygens (including phenoxy) is 1. The first-order chi connectivity index (χ1) is 14.9. The molecular weight excluding hydrogens is 410 g/mol. The number of allylic oxidation sites excluding steroid dienone is 1. The van der Waals surface area contributed by atoms with E-state index in [2.05, 4.69) is 4.72 Å². The maximum atomic E-state index is 13.1. The summed E-state index contributed by atoms with van der Waals surface area (Å²) in [6.07, 6.45) is 1.59. The number of nitrogens with one attached hydrogen (secondary N) is 1. The van der Waals surface area contributed by atoms with Gasteiger partial charge in [-0.3, -0.25) is 0 Å². The summed E-state index contributed by atoms with van der Waals surface area (Å²) >= 11 is 0. The van der Waals surface area contributed by atoms with Gasteiger partial charge < -0.3 is 4.74 Å². The van der Waals surface area contributed by atoms with Crippen molar-refractivity contribution in [3.63, 3.8) is 0 Å². The predicted octanol–water partition coefficient (Wildman–Crippen LogP) is 4.70. The number of esters is 1. The van der Waals surface area contributed by atoms with E-state index in [4.69, 9.17) is 4.74 Å². The Morgan fingerprint density at radius 2 is 1.52 bits per heavy atom. The summed E-state index contributed by atoms with van der Waals surface area (Å²) in [6.45, 7) is 3.68. The lowest BCUT2D eigenvalue weighted by molar-refractivity contribution is -0.140. The fourth-order valence-corrected chi connectivity index (χ4v) is 4.31. The van der Waals surface area contributed by atoms with Gasteiger partial charge in [-0.2, -0.15) is 4.72 Å². The number of carbonyl (C=O) groups is 1. The SMILES string of the molecule is C/C=C(\C(=O)OCc1ccccc1)C(NS(=O)(=O)c1ccc(C)cc1)c1ccccc1. The van der Waals surface area contributed by atoms with Crippen LogP contribution < -0.4 is 4.72 Å². The largest absolute Gasteiger partial charge is 0.457 e. The molecule has 0 fully saturated rings. The van der Waals surface area contributed by atoms with Gasteiger partial charge in [-0.25, -0.2) is 13.2 Å². The molecular formula is C25H25NO4S. The van der Waals surface area contributed by atoms with Crippen LogP contribution in [0.4, 0.5) is 0 Å². The van der Waals surface area contributed by atoms with E-state index in [0.717, 1.165) is 11.1 Å². The number of aryl methyl sites for hydroxylation is 1.